The third-order valence-electron chi connectivity index (χ3n) is 4.79. The molecular weight excluding hydrogens is 352 g/mol. The molecular formula is C23H30N2O3. The zero-order valence-electron chi connectivity index (χ0n) is 16.8. The van der Waals surface area contributed by atoms with Crippen LogP contribution >= 0.6 is 0 Å². The molecule has 0 atom stereocenters. The van der Waals surface area contributed by atoms with E-state index in [4.69, 9.17) is 9.47 Å². The smallest absolute Gasteiger partial charge is 0.220 e. The summed E-state index contributed by atoms with van der Waals surface area (Å²) in [6.07, 6.45) is 8.15. The van der Waals surface area contributed by atoms with E-state index in [0.29, 0.717) is 31.4 Å². The Morgan fingerprint density at radius 2 is 2.00 bits per heavy atom. The Labute approximate surface area is 167 Å². The van der Waals surface area contributed by atoms with Crippen LogP contribution in [0.15, 0.2) is 42.6 Å². The number of hydrogen-bond acceptors (Lipinski definition) is 4. The van der Waals surface area contributed by atoms with E-state index in [0.717, 1.165) is 29.7 Å². The molecule has 0 saturated heterocycles. The number of rotatable bonds is 9. The summed E-state index contributed by atoms with van der Waals surface area (Å²) >= 11 is 0. The van der Waals surface area contributed by atoms with E-state index in [-0.39, 0.29) is 12.0 Å². The Hall–Kier alpha value is -2.56. The number of pyridine rings is 1. The van der Waals surface area contributed by atoms with E-state index in [1.54, 1.807) is 6.20 Å². The lowest BCUT2D eigenvalue weighted by Crippen LogP contribution is -2.23. The van der Waals surface area contributed by atoms with Crippen LogP contribution in [-0.4, -0.2) is 23.1 Å². The highest BCUT2D eigenvalue weighted by Crippen LogP contribution is 2.24. The van der Waals surface area contributed by atoms with Crippen molar-refractivity contribution in [2.75, 3.05) is 0 Å². The van der Waals surface area contributed by atoms with E-state index < -0.39 is 0 Å². The SMILES string of the molecule is CC(C)Oc1ccc(CNC(=O)CCc2cccc(OC3CCCC3)c2)cn1. The Kier molecular flexibility index (Phi) is 7.29. The highest BCUT2D eigenvalue weighted by atomic mass is 16.5. The third kappa shape index (κ3) is 6.55. The summed E-state index contributed by atoms with van der Waals surface area (Å²) in [6.45, 7) is 4.40. The molecule has 1 fully saturated rings. The van der Waals surface area contributed by atoms with E-state index >= 15 is 0 Å². The molecule has 5 heteroatoms. The number of benzene rings is 1. The minimum atomic E-state index is 0.0321. The topological polar surface area (TPSA) is 60.5 Å². The van der Waals surface area contributed by atoms with E-state index in [1.165, 1.54) is 12.8 Å². The Morgan fingerprint density at radius 3 is 2.71 bits per heavy atom. The summed E-state index contributed by atoms with van der Waals surface area (Å²) in [6, 6.07) is 11.9. The molecule has 150 valence electrons. The molecule has 1 aliphatic rings. The summed E-state index contributed by atoms with van der Waals surface area (Å²) in [7, 11) is 0. The first-order valence-corrected chi connectivity index (χ1v) is 10.2. The van der Waals surface area contributed by atoms with Crippen molar-refractivity contribution >= 4 is 5.91 Å². The van der Waals surface area contributed by atoms with Gasteiger partial charge in [-0.25, -0.2) is 4.98 Å². The lowest BCUT2D eigenvalue weighted by Gasteiger charge is -2.14. The van der Waals surface area contributed by atoms with Crippen molar-refractivity contribution in [2.45, 2.75) is 71.1 Å². The number of hydrogen-bond donors (Lipinski definition) is 1. The van der Waals surface area contributed by atoms with Gasteiger partial charge in [0, 0.05) is 25.2 Å². The normalized spacial score (nSPS) is 14.2. The Morgan fingerprint density at radius 1 is 1.18 bits per heavy atom. The molecule has 0 aliphatic heterocycles. The van der Waals surface area contributed by atoms with Gasteiger partial charge in [0.05, 0.1) is 12.2 Å². The summed E-state index contributed by atoms with van der Waals surface area (Å²) in [4.78, 5) is 16.4. The fraction of sp³-hybridized carbons (Fsp3) is 0.478. The minimum Gasteiger partial charge on any atom is -0.490 e. The van der Waals surface area contributed by atoms with Crippen LogP contribution in [0.5, 0.6) is 11.6 Å². The van der Waals surface area contributed by atoms with Crippen LogP contribution in [0, 0.1) is 0 Å². The monoisotopic (exact) mass is 382 g/mol. The fourth-order valence-electron chi connectivity index (χ4n) is 3.35. The van der Waals surface area contributed by atoms with Crippen molar-refractivity contribution in [3.05, 3.63) is 53.7 Å². The molecule has 1 heterocycles. The average Bonchev–Trinajstić information content (AvgIpc) is 3.19. The zero-order chi connectivity index (χ0) is 19.8. The van der Waals surface area contributed by atoms with Gasteiger partial charge in [-0.3, -0.25) is 4.79 Å². The van der Waals surface area contributed by atoms with Gasteiger partial charge in [0.2, 0.25) is 11.8 Å². The van der Waals surface area contributed by atoms with Gasteiger partial charge in [-0.05, 0) is 69.2 Å². The van der Waals surface area contributed by atoms with Gasteiger partial charge in [0.15, 0.2) is 0 Å². The average molecular weight is 383 g/mol. The molecule has 1 N–H and O–H groups in total. The quantitative estimate of drug-likeness (QED) is 0.696. The van der Waals surface area contributed by atoms with Crippen LogP contribution < -0.4 is 14.8 Å². The maximum absolute atomic E-state index is 12.2. The predicted octanol–water partition coefficient (Wildman–Crippen LogP) is 4.44. The summed E-state index contributed by atoms with van der Waals surface area (Å²) in [5.41, 5.74) is 2.08. The second-order valence-electron chi connectivity index (χ2n) is 7.62. The number of ether oxygens (including phenoxy) is 2. The molecule has 0 spiro atoms. The summed E-state index contributed by atoms with van der Waals surface area (Å²) in [5.74, 6) is 1.55. The van der Waals surface area contributed by atoms with Gasteiger partial charge in [0.1, 0.15) is 5.75 Å². The van der Waals surface area contributed by atoms with Crippen molar-refractivity contribution in [1.29, 1.82) is 0 Å². The van der Waals surface area contributed by atoms with E-state index in [2.05, 4.69) is 16.4 Å². The fourth-order valence-corrected chi connectivity index (χ4v) is 3.35. The first-order valence-electron chi connectivity index (χ1n) is 10.2. The number of amides is 1. The maximum atomic E-state index is 12.2. The predicted molar refractivity (Wildman–Crippen MR) is 109 cm³/mol. The first-order chi connectivity index (χ1) is 13.6. The van der Waals surface area contributed by atoms with Crippen LogP contribution in [0.4, 0.5) is 0 Å². The minimum absolute atomic E-state index is 0.0321. The Balaban J connectivity index is 1.41. The van der Waals surface area contributed by atoms with Gasteiger partial charge < -0.3 is 14.8 Å². The van der Waals surface area contributed by atoms with Crippen molar-refractivity contribution in [1.82, 2.24) is 10.3 Å². The molecule has 5 nitrogen and oxygen atoms in total. The lowest BCUT2D eigenvalue weighted by molar-refractivity contribution is -0.121. The number of carbonyl (C=O) groups is 1. The molecule has 1 amide bonds. The molecule has 28 heavy (non-hydrogen) atoms. The molecule has 0 unspecified atom stereocenters. The molecule has 0 bridgehead atoms. The van der Waals surface area contributed by atoms with Gasteiger partial charge >= 0.3 is 0 Å². The van der Waals surface area contributed by atoms with E-state index in [9.17, 15) is 4.79 Å². The van der Waals surface area contributed by atoms with Crippen molar-refractivity contribution in [3.8, 4) is 11.6 Å². The number of nitrogens with one attached hydrogen (secondary N) is 1. The lowest BCUT2D eigenvalue weighted by atomic mass is 10.1. The first kappa shape index (κ1) is 20.2. The highest BCUT2D eigenvalue weighted by Gasteiger charge is 2.16. The third-order valence-corrected chi connectivity index (χ3v) is 4.79. The van der Waals surface area contributed by atoms with Crippen molar-refractivity contribution in [2.24, 2.45) is 0 Å². The maximum Gasteiger partial charge on any atom is 0.220 e. The largest absolute Gasteiger partial charge is 0.490 e. The molecule has 0 radical (unpaired) electrons. The number of aromatic nitrogens is 1. The second kappa shape index (κ2) is 10.1. The van der Waals surface area contributed by atoms with Gasteiger partial charge in [-0.2, -0.15) is 0 Å². The highest BCUT2D eigenvalue weighted by molar-refractivity contribution is 5.76. The standard InChI is InChI=1S/C23H30N2O3/c1-17(2)27-23-13-11-19(16-25-23)15-24-22(26)12-10-18-6-5-9-21(14-18)28-20-7-3-4-8-20/h5-6,9,11,13-14,16-17,20H,3-4,7-8,10,12,15H2,1-2H3,(H,24,26). The molecule has 3 rings (SSSR count). The zero-order valence-corrected chi connectivity index (χ0v) is 16.8. The molecule has 1 saturated carbocycles. The van der Waals surface area contributed by atoms with Gasteiger partial charge in [-0.15, -0.1) is 0 Å². The van der Waals surface area contributed by atoms with Crippen LogP contribution in [0.1, 0.15) is 57.1 Å². The van der Waals surface area contributed by atoms with Crippen LogP contribution in [-0.2, 0) is 17.8 Å². The van der Waals surface area contributed by atoms with Gasteiger partial charge in [0.25, 0.3) is 0 Å². The van der Waals surface area contributed by atoms with Crippen LogP contribution in [0.3, 0.4) is 0 Å². The molecule has 2 aromatic rings. The molecule has 1 aromatic carbocycles. The molecule has 1 aromatic heterocycles. The van der Waals surface area contributed by atoms with Gasteiger partial charge in [-0.1, -0.05) is 18.2 Å². The van der Waals surface area contributed by atoms with Crippen molar-refractivity contribution < 1.29 is 14.3 Å². The molecule has 1 aliphatic carbocycles. The second-order valence-corrected chi connectivity index (χ2v) is 7.62. The van der Waals surface area contributed by atoms with Crippen LogP contribution in [0.2, 0.25) is 0 Å². The van der Waals surface area contributed by atoms with E-state index in [1.807, 2.05) is 44.2 Å². The Bertz CT molecular complexity index is 753. The number of aryl methyl sites for hydroxylation is 1. The van der Waals surface area contributed by atoms with Crippen LogP contribution in [0.25, 0.3) is 0 Å². The van der Waals surface area contributed by atoms with Crippen molar-refractivity contribution in [3.63, 3.8) is 0 Å². The summed E-state index contributed by atoms with van der Waals surface area (Å²) < 4.78 is 11.6. The summed E-state index contributed by atoms with van der Waals surface area (Å²) in [5, 5.41) is 2.95. The number of nitrogens with zero attached hydrogens (tertiary/aromatic N) is 1. The number of carbonyl (C=O) groups excluding carboxylic acids is 1.